The smallest absolute Gasteiger partial charge is 0.222 e. The molecule has 0 radical (unpaired) electrons. The summed E-state index contributed by atoms with van der Waals surface area (Å²) in [6.45, 7) is 5.68. The van der Waals surface area contributed by atoms with Gasteiger partial charge in [0, 0.05) is 25.7 Å². The minimum Gasteiger partial charge on any atom is -0.468 e. The fraction of sp³-hybridized carbons (Fsp3) is 0.296. The second-order valence-electron chi connectivity index (χ2n) is 8.60. The molecule has 0 amide bonds. The first-order valence-electron chi connectivity index (χ1n) is 11.3. The summed E-state index contributed by atoms with van der Waals surface area (Å²) in [5.41, 5.74) is 2.86. The maximum atomic E-state index is 10.7. The third-order valence-corrected chi connectivity index (χ3v) is 5.65. The van der Waals surface area contributed by atoms with Crippen molar-refractivity contribution in [3.63, 3.8) is 0 Å². The van der Waals surface area contributed by atoms with E-state index in [9.17, 15) is 5.11 Å². The highest BCUT2D eigenvalue weighted by Gasteiger charge is 2.24. The molecule has 6 heteroatoms. The molecular formula is C27H31N3O3. The van der Waals surface area contributed by atoms with Gasteiger partial charge in [-0.3, -0.25) is 4.90 Å². The monoisotopic (exact) mass is 445 g/mol. The van der Waals surface area contributed by atoms with Crippen LogP contribution in [0.5, 0.6) is 11.6 Å². The normalized spacial score (nSPS) is 12.4. The van der Waals surface area contributed by atoms with E-state index in [-0.39, 0.29) is 5.92 Å². The Morgan fingerprint density at radius 2 is 1.67 bits per heavy atom. The van der Waals surface area contributed by atoms with Gasteiger partial charge < -0.3 is 14.3 Å². The highest BCUT2D eigenvalue weighted by atomic mass is 16.5. The zero-order valence-corrected chi connectivity index (χ0v) is 19.4. The van der Waals surface area contributed by atoms with Gasteiger partial charge in [-0.25, -0.2) is 4.68 Å². The van der Waals surface area contributed by atoms with Gasteiger partial charge in [-0.15, -0.1) is 0 Å². The average molecular weight is 446 g/mol. The Hall–Kier alpha value is -3.35. The van der Waals surface area contributed by atoms with Crippen LogP contribution in [0.3, 0.4) is 0 Å². The molecule has 2 aromatic heterocycles. The first-order chi connectivity index (χ1) is 16.0. The van der Waals surface area contributed by atoms with Crippen molar-refractivity contribution in [2.75, 3.05) is 6.54 Å². The quantitative estimate of drug-likeness (QED) is 0.350. The fourth-order valence-corrected chi connectivity index (χ4v) is 3.76. The molecule has 172 valence electrons. The molecule has 0 saturated carbocycles. The predicted octanol–water partition coefficient (Wildman–Crippen LogP) is 5.49. The van der Waals surface area contributed by atoms with Crippen molar-refractivity contribution < 1.29 is 14.3 Å². The van der Waals surface area contributed by atoms with Crippen LogP contribution >= 0.6 is 0 Å². The molecule has 4 rings (SSSR count). The van der Waals surface area contributed by atoms with Gasteiger partial charge in [-0.05, 0) is 30.2 Å². The van der Waals surface area contributed by atoms with Gasteiger partial charge in [0.1, 0.15) is 17.2 Å². The molecule has 0 saturated heterocycles. The number of benzene rings is 2. The van der Waals surface area contributed by atoms with Gasteiger partial charge in [-0.2, -0.15) is 5.10 Å². The fourth-order valence-electron chi connectivity index (χ4n) is 3.76. The predicted molar refractivity (Wildman–Crippen MR) is 129 cm³/mol. The Morgan fingerprint density at radius 3 is 2.30 bits per heavy atom. The molecule has 0 aliphatic carbocycles. The van der Waals surface area contributed by atoms with Crippen molar-refractivity contribution in [2.45, 2.75) is 33.0 Å². The zero-order chi connectivity index (χ0) is 23.2. The van der Waals surface area contributed by atoms with E-state index in [1.807, 2.05) is 81.6 Å². The van der Waals surface area contributed by atoms with Crippen molar-refractivity contribution in [1.29, 1.82) is 0 Å². The molecule has 2 aromatic carbocycles. The number of aromatic nitrogens is 2. The van der Waals surface area contributed by atoms with Crippen molar-refractivity contribution in [3.8, 4) is 22.9 Å². The number of aliphatic hydroxyl groups is 1. The van der Waals surface area contributed by atoms with Crippen LogP contribution in [0.1, 0.15) is 25.2 Å². The topological polar surface area (TPSA) is 63.7 Å². The Kier molecular flexibility index (Phi) is 7.27. The lowest BCUT2D eigenvalue weighted by molar-refractivity contribution is 0.0668. The second-order valence-corrected chi connectivity index (χ2v) is 8.60. The summed E-state index contributed by atoms with van der Waals surface area (Å²) in [6.07, 6.45) is 1.21. The Morgan fingerprint density at radius 1 is 0.970 bits per heavy atom. The van der Waals surface area contributed by atoms with Crippen LogP contribution in [0.15, 0.2) is 83.5 Å². The number of hydrogen-bond acceptors (Lipinski definition) is 5. The standard InChI is InChI=1S/C27H31N3O3/c1-20(2)25(31)19-30(17-23-15-10-16-32-23)18-24-26(21-11-6-4-7-12-21)28-29(3)27(24)33-22-13-8-5-9-14-22/h4-16,20,25,31H,17-19H2,1-3H3. The van der Waals surface area contributed by atoms with Gasteiger partial charge in [-0.1, -0.05) is 62.4 Å². The van der Waals surface area contributed by atoms with Crippen molar-refractivity contribution in [2.24, 2.45) is 13.0 Å². The zero-order valence-electron chi connectivity index (χ0n) is 19.4. The highest BCUT2D eigenvalue weighted by Crippen LogP contribution is 2.34. The highest BCUT2D eigenvalue weighted by molar-refractivity contribution is 5.65. The number of para-hydroxylation sites is 1. The van der Waals surface area contributed by atoms with E-state index in [1.165, 1.54) is 0 Å². The number of nitrogens with zero attached hydrogens (tertiary/aromatic N) is 3. The SMILES string of the molecule is CC(C)C(O)CN(Cc1ccco1)Cc1c(-c2ccccc2)nn(C)c1Oc1ccccc1. The van der Waals surface area contributed by atoms with E-state index in [0.29, 0.717) is 25.5 Å². The van der Waals surface area contributed by atoms with Crippen molar-refractivity contribution >= 4 is 0 Å². The van der Waals surface area contributed by atoms with Gasteiger partial charge >= 0.3 is 0 Å². The number of furan rings is 1. The van der Waals surface area contributed by atoms with Crippen molar-refractivity contribution in [3.05, 3.63) is 90.4 Å². The first-order valence-corrected chi connectivity index (χ1v) is 11.3. The van der Waals surface area contributed by atoms with Crippen LogP contribution in [0, 0.1) is 5.92 Å². The minimum absolute atomic E-state index is 0.145. The number of aliphatic hydroxyl groups excluding tert-OH is 1. The minimum atomic E-state index is -0.463. The third kappa shape index (κ3) is 5.72. The molecule has 1 atom stereocenters. The summed E-state index contributed by atoms with van der Waals surface area (Å²) >= 11 is 0. The number of ether oxygens (including phenoxy) is 1. The molecular weight excluding hydrogens is 414 g/mol. The van der Waals surface area contributed by atoms with E-state index in [1.54, 1.807) is 10.9 Å². The Labute approximate surface area is 195 Å². The molecule has 0 aliphatic heterocycles. The molecule has 2 heterocycles. The summed E-state index contributed by atoms with van der Waals surface area (Å²) in [4.78, 5) is 2.19. The third-order valence-electron chi connectivity index (χ3n) is 5.65. The van der Waals surface area contributed by atoms with E-state index in [0.717, 1.165) is 28.3 Å². The van der Waals surface area contributed by atoms with Crippen LogP contribution in [0.2, 0.25) is 0 Å². The molecule has 0 fully saturated rings. The lowest BCUT2D eigenvalue weighted by Crippen LogP contribution is -2.34. The number of hydrogen-bond donors (Lipinski definition) is 1. The maximum Gasteiger partial charge on any atom is 0.222 e. The van der Waals surface area contributed by atoms with Crippen molar-refractivity contribution in [1.82, 2.24) is 14.7 Å². The van der Waals surface area contributed by atoms with Crippen LogP contribution in [0.4, 0.5) is 0 Å². The van der Waals surface area contributed by atoms with E-state index < -0.39 is 6.10 Å². The number of aryl methyl sites for hydroxylation is 1. The maximum absolute atomic E-state index is 10.7. The lowest BCUT2D eigenvalue weighted by Gasteiger charge is -2.26. The van der Waals surface area contributed by atoms with Crippen LogP contribution in [-0.4, -0.2) is 32.4 Å². The molecule has 0 spiro atoms. The molecule has 1 unspecified atom stereocenters. The van der Waals surface area contributed by atoms with Gasteiger partial charge in [0.15, 0.2) is 0 Å². The summed E-state index contributed by atoms with van der Waals surface area (Å²) in [5.74, 6) is 2.43. The van der Waals surface area contributed by atoms with Gasteiger partial charge in [0.05, 0.1) is 24.5 Å². The largest absolute Gasteiger partial charge is 0.468 e. The first kappa shape index (κ1) is 22.8. The Balaban J connectivity index is 1.73. The molecule has 0 bridgehead atoms. The number of rotatable bonds is 10. The van der Waals surface area contributed by atoms with E-state index in [4.69, 9.17) is 14.3 Å². The molecule has 6 nitrogen and oxygen atoms in total. The molecule has 4 aromatic rings. The summed E-state index contributed by atoms with van der Waals surface area (Å²) in [6, 6.07) is 23.7. The summed E-state index contributed by atoms with van der Waals surface area (Å²) in [5, 5.41) is 15.5. The summed E-state index contributed by atoms with van der Waals surface area (Å²) in [7, 11) is 1.90. The van der Waals surface area contributed by atoms with Crippen LogP contribution < -0.4 is 4.74 Å². The van der Waals surface area contributed by atoms with E-state index in [2.05, 4.69) is 17.0 Å². The molecule has 33 heavy (non-hydrogen) atoms. The molecule has 0 aliphatic rings. The second kappa shape index (κ2) is 10.5. The van der Waals surface area contributed by atoms with Crippen LogP contribution in [0.25, 0.3) is 11.3 Å². The Bertz CT molecular complexity index is 1120. The van der Waals surface area contributed by atoms with E-state index >= 15 is 0 Å². The van der Waals surface area contributed by atoms with Crippen LogP contribution in [-0.2, 0) is 20.1 Å². The van der Waals surface area contributed by atoms with Gasteiger partial charge in [0.2, 0.25) is 5.88 Å². The lowest BCUT2D eigenvalue weighted by atomic mass is 10.0. The molecule has 1 N–H and O–H groups in total. The summed E-state index contributed by atoms with van der Waals surface area (Å²) < 4.78 is 13.7. The van der Waals surface area contributed by atoms with Gasteiger partial charge in [0.25, 0.3) is 0 Å². The average Bonchev–Trinajstić information content (AvgIpc) is 3.44.